The molecular weight excluding hydrogens is 510 g/mol. The number of carbonyl (C=O) groups is 1. The van der Waals surface area contributed by atoms with Crippen LogP contribution in [0, 0.1) is 10.1 Å². The van der Waals surface area contributed by atoms with Gasteiger partial charge in [-0.15, -0.1) is 5.10 Å². The molecule has 1 amide bonds. The van der Waals surface area contributed by atoms with Crippen LogP contribution in [0.25, 0.3) is 10.2 Å². The Labute approximate surface area is 211 Å². The lowest BCUT2D eigenvalue weighted by molar-refractivity contribution is -0.387. The number of para-hydroxylation sites is 1. The third-order valence-electron chi connectivity index (χ3n) is 4.93. The number of halogens is 1. The van der Waals surface area contributed by atoms with Gasteiger partial charge in [0.15, 0.2) is 5.13 Å². The van der Waals surface area contributed by atoms with E-state index in [4.69, 9.17) is 11.6 Å². The highest BCUT2D eigenvalue weighted by Crippen LogP contribution is 2.38. The number of tetrazole rings is 1. The van der Waals surface area contributed by atoms with Crippen molar-refractivity contribution in [3.05, 3.63) is 87.4 Å². The number of aryl methyl sites for hydroxylation is 1. The zero-order chi connectivity index (χ0) is 24.5. The summed E-state index contributed by atoms with van der Waals surface area (Å²) in [5, 5.41) is 24.2. The van der Waals surface area contributed by atoms with Gasteiger partial charge in [0.05, 0.1) is 25.7 Å². The Bertz CT molecular complexity index is 1550. The van der Waals surface area contributed by atoms with E-state index >= 15 is 0 Å². The topological polar surface area (TPSA) is 120 Å². The molecule has 0 N–H and O–H groups in total. The number of nitro benzene ring substituents is 1. The van der Waals surface area contributed by atoms with Crippen molar-refractivity contribution in [2.75, 3.05) is 4.90 Å². The first kappa shape index (κ1) is 22.9. The van der Waals surface area contributed by atoms with Crippen molar-refractivity contribution >= 4 is 67.3 Å². The van der Waals surface area contributed by atoms with E-state index < -0.39 is 10.8 Å². The van der Waals surface area contributed by atoms with Crippen LogP contribution in [-0.4, -0.2) is 36.0 Å². The zero-order valence-corrected chi connectivity index (χ0v) is 20.3. The van der Waals surface area contributed by atoms with E-state index in [2.05, 4.69) is 20.5 Å². The molecule has 2 aromatic heterocycles. The Kier molecular flexibility index (Phi) is 6.16. The number of rotatable bonds is 6. The fourth-order valence-electron chi connectivity index (χ4n) is 3.30. The fraction of sp³-hybridized carbons (Fsp3) is 0.0455. The molecule has 0 aliphatic rings. The van der Waals surface area contributed by atoms with E-state index in [0.29, 0.717) is 25.9 Å². The number of anilines is 2. The number of thiazole rings is 1. The minimum atomic E-state index is -0.537. The summed E-state index contributed by atoms with van der Waals surface area (Å²) in [5.74, 6) is -0.480. The van der Waals surface area contributed by atoms with Crippen molar-refractivity contribution in [2.45, 2.75) is 10.1 Å². The Morgan fingerprint density at radius 3 is 2.69 bits per heavy atom. The molecule has 35 heavy (non-hydrogen) atoms. The average Bonchev–Trinajstić information content (AvgIpc) is 3.45. The van der Waals surface area contributed by atoms with Crippen molar-refractivity contribution in [3.63, 3.8) is 0 Å². The first-order valence-corrected chi connectivity index (χ1v) is 12.1. The van der Waals surface area contributed by atoms with Crippen LogP contribution in [0.2, 0.25) is 5.02 Å². The van der Waals surface area contributed by atoms with Crippen LogP contribution in [0.1, 0.15) is 10.4 Å². The molecule has 0 saturated heterocycles. The number of hydrogen-bond acceptors (Lipinski definition) is 9. The second-order valence-corrected chi connectivity index (χ2v) is 9.67. The molecule has 13 heteroatoms. The van der Waals surface area contributed by atoms with Crippen LogP contribution in [0.15, 0.2) is 76.8 Å². The van der Waals surface area contributed by atoms with Crippen molar-refractivity contribution in [1.29, 1.82) is 0 Å². The Hall–Kier alpha value is -3.87. The molecule has 0 radical (unpaired) electrons. The van der Waals surface area contributed by atoms with Gasteiger partial charge in [-0.2, -0.15) is 0 Å². The van der Waals surface area contributed by atoms with E-state index in [1.54, 1.807) is 31.3 Å². The van der Waals surface area contributed by atoms with E-state index in [-0.39, 0.29) is 11.3 Å². The van der Waals surface area contributed by atoms with Crippen molar-refractivity contribution < 1.29 is 9.72 Å². The van der Waals surface area contributed by atoms with Crippen LogP contribution in [0.4, 0.5) is 16.5 Å². The summed E-state index contributed by atoms with van der Waals surface area (Å²) >= 11 is 8.58. The van der Waals surface area contributed by atoms with Gasteiger partial charge in [0, 0.05) is 23.7 Å². The van der Waals surface area contributed by atoms with Gasteiger partial charge in [0.2, 0.25) is 5.16 Å². The lowest BCUT2D eigenvalue weighted by Gasteiger charge is -2.20. The van der Waals surface area contributed by atoms with Crippen molar-refractivity contribution in [3.8, 4) is 0 Å². The predicted octanol–water partition coefficient (Wildman–Crippen LogP) is 5.51. The van der Waals surface area contributed by atoms with Crippen LogP contribution in [-0.2, 0) is 7.05 Å². The third kappa shape index (κ3) is 4.58. The number of nitrogens with zero attached hydrogens (tertiary/aromatic N) is 7. The first-order valence-electron chi connectivity index (χ1n) is 10.0. The molecule has 0 saturated carbocycles. The van der Waals surface area contributed by atoms with Crippen LogP contribution >= 0.6 is 34.7 Å². The fourth-order valence-corrected chi connectivity index (χ4v) is 5.29. The summed E-state index contributed by atoms with van der Waals surface area (Å²) in [5.41, 5.74) is 1.12. The molecule has 3 aromatic carbocycles. The molecule has 0 aliphatic carbocycles. The molecule has 0 aliphatic heterocycles. The normalized spacial score (nSPS) is 11.0. The van der Waals surface area contributed by atoms with E-state index in [1.165, 1.54) is 39.1 Å². The maximum atomic E-state index is 13.8. The second-order valence-electron chi connectivity index (χ2n) is 7.21. The van der Waals surface area contributed by atoms with Gasteiger partial charge in [-0.3, -0.25) is 19.8 Å². The van der Waals surface area contributed by atoms with Gasteiger partial charge in [-0.1, -0.05) is 41.1 Å². The van der Waals surface area contributed by atoms with E-state index in [9.17, 15) is 14.9 Å². The molecule has 0 atom stereocenters. The Morgan fingerprint density at radius 2 is 1.97 bits per heavy atom. The number of carbonyl (C=O) groups excluding carboxylic acids is 1. The summed E-state index contributed by atoms with van der Waals surface area (Å²) in [6.07, 6.45) is 0. The largest absolute Gasteiger partial charge is 0.284 e. The monoisotopic (exact) mass is 523 g/mol. The Morgan fingerprint density at radius 1 is 1.14 bits per heavy atom. The average molecular weight is 524 g/mol. The summed E-state index contributed by atoms with van der Waals surface area (Å²) in [6.45, 7) is 0. The van der Waals surface area contributed by atoms with Crippen molar-refractivity contribution in [1.82, 2.24) is 25.2 Å². The molecule has 174 valence electrons. The third-order valence-corrected chi connectivity index (χ3v) is 7.28. The van der Waals surface area contributed by atoms with Crippen LogP contribution < -0.4 is 4.90 Å². The van der Waals surface area contributed by atoms with Crippen molar-refractivity contribution in [2.24, 2.45) is 7.05 Å². The number of aromatic nitrogens is 5. The lowest BCUT2D eigenvalue weighted by Crippen LogP contribution is -2.26. The summed E-state index contributed by atoms with van der Waals surface area (Å²) < 4.78 is 2.30. The quantitative estimate of drug-likeness (QED) is 0.211. The van der Waals surface area contributed by atoms with Gasteiger partial charge in [-0.05, 0) is 64.7 Å². The minimum absolute atomic E-state index is 0.122. The first-order chi connectivity index (χ1) is 16.9. The summed E-state index contributed by atoms with van der Waals surface area (Å²) in [7, 11) is 1.63. The van der Waals surface area contributed by atoms with Gasteiger partial charge in [-0.25, -0.2) is 9.67 Å². The SMILES string of the molecule is Cn1nnnc1Sc1ccc(C(=O)N(c2cccc(Cl)c2)c2nc3ccccc3s2)cc1[N+](=O)[O-]. The molecular formula is C22H14ClN7O3S2. The standard InChI is InChI=1S/C22H14ClN7O3S2/c1-28-22(25-26-27-28)35-19-10-9-13(11-17(19)30(32)33)20(31)29(15-6-4-5-14(23)12-15)21-24-16-7-2-3-8-18(16)34-21/h2-12H,1H3. The minimum Gasteiger partial charge on any atom is -0.268 e. The van der Waals surface area contributed by atoms with E-state index in [0.717, 1.165) is 22.0 Å². The molecule has 2 heterocycles. The molecule has 0 fully saturated rings. The van der Waals surface area contributed by atoms with E-state index in [1.807, 2.05) is 24.3 Å². The van der Waals surface area contributed by atoms with Crippen LogP contribution in [0.3, 0.4) is 0 Å². The number of hydrogen-bond donors (Lipinski definition) is 0. The molecule has 0 spiro atoms. The Balaban J connectivity index is 1.59. The summed E-state index contributed by atoms with van der Waals surface area (Å²) in [4.78, 5) is 31.4. The number of fused-ring (bicyclic) bond motifs is 1. The maximum absolute atomic E-state index is 13.8. The van der Waals surface area contributed by atoms with Gasteiger partial charge in [0.1, 0.15) is 0 Å². The molecule has 0 unspecified atom stereocenters. The number of amides is 1. The van der Waals surface area contributed by atoms with Crippen LogP contribution in [0.5, 0.6) is 0 Å². The lowest BCUT2D eigenvalue weighted by atomic mass is 10.1. The number of nitro groups is 1. The highest BCUT2D eigenvalue weighted by Gasteiger charge is 2.27. The highest BCUT2D eigenvalue weighted by molar-refractivity contribution is 7.99. The molecule has 5 rings (SSSR count). The maximum Gasteiger partial charge on any atom is 0.284 e. The second kappa shape index (κ2) is 9.41. The highest BCUT2D eigenvalue weighted by atomic mass is 35.5. The van der Waals surface area contributed by atoms with Gasteiger partial charge >= 0.3 is 0 Å². The molecule has 5 aromatic rings. The zero-order valence-electron chi connectivity index (χ0n) is 17.9. The van der Waals surface area contributed by atoms with Gasteiger partial charge in [0.25, 0.3) is 11.6 Å². The molecule has 10 nitrogen and oxygen atoms in total. The predicted molar refractivity (Wildman–Crippen MR) is 134 cm³/mol. The smallest absolute Gasteiger partial charge is 0.268 e. The summed E-state index contributed by atoms with van der Waals surface area (Å²) in [6, 6.07) is 18.6. The van der Waals surface area contributed by atoms with Gasteiger partial charge < -0.3 is 0 Å². The number of benzene rings is 3. The molecule has 0 bridgehead atoms.